The molecule has 2 aromatic rings. The van der Waals surface area contributed by atoms with E-state index in [4.69, 9.17) is 4.74 Å². The monoisotopic (exact) mass is 315 g/mol. The molecule has 2 N–H and O–H groups in total. The van der Waals surface area contributed by atoms with Crippen LogP contribution >= 0.6 is 0 Å². The van der Waals surface area contributed by atoms with E-state index in [9.17, 15) is 5.11 Å². The van der Waals surface area contributed by atoms with E-state index in [-0.39, 0.29) is 12.1 Å². The van der Waals surface area contributed by atoms with Gasteiger partial charge in [0.1, 0.15) is 0 Å². The van der Waals surface area contributed by atoms with Crippen LogP contribution in [0.5, 0.6) is 0 Å². The summed E-state index contributed by atoms with van der Waals surface area (Å²) in [6, 6.07) is 10.5. The average molecular weight is 315 g/mol. The Labute approximate surface area is 137 Å². The van der Waals surface area contributed by atoms with Gasteiger partial charge in [-0.3, -0.25) is 4.68 Å². The first-order valence-electron chi connectivity index (χ1n) is 8.20. The molecule has 1 heterocycles. The van der Waals surface area contributed by atoms with Gasteiger partial charge in [-0.2, -0.15) is 5.10 Å². The molecule has 1 saturated carbocycles. The predicted octanol–water partition coefficient (Wildman–Crippen LogP) is 1.96. The molecule has 3 atom stereocenters. The van der Waals surface area contributed by atoms with Crippen LogP contribution in [0.3, 0.4) is 0 Å². The van der Waals surface area contributed by atoms with Crippen LogP contribution in [-0.4, -0.2) is 34.1 Å². The Morgan fingerprint density at radius 2 is 2.17 bits per heavy atom. The molecular formula is C18H25N3O2. The molecule has 0 radical (unpaired) electrons. The number of aliphatic hydroxyl groups is 1. The predicted molar refractivity (Wildman–Crippen MR) is 88.7 cm³/mol. The third-order valence-electron chi connectivity index (χ3n) is 4.50. The summed E-state index contributed by atoms with van der Waals surface area (Å²) in [4.78, 5) is 0. The van der Waals surface area contributed by atoms with Crippen LogP contribution in [0.25, 0.3) is 0 Å². The molecule has 1 aromatic heterocycles. The number of hydrogen-bond donors (Lipinski definition) is 2. The van der Waals surface area contributed by atoms with Crippen LogP contribution in [0, 0.1) is 5.92 Å². The molecule has 1 aliphatic carbocycles. The first-order chi connectivity index (χ1) is 11.2. The van der Waals surface area contributed by atoms with Crippen molar-refractivity contribution in [2.75, 3.05) is 7.11 Å². The van der Waals surface area contributed by atoms with Crippen molar-refractivity contribution in [3.05, 3.63) is 53.9 Å². The van der Waals surface area contributed by atoms with Gasteiger partial charge in [-0.1, -0.05) is 24.3 Å². The fraction of sp³-hybridized carbons (Fsp3) is 0.500. The number of nitrogens with zero attached hydrogens (tertiary/aromatic N) is 2. The zero-order valence-corrected chi connectivity index (χ0v) is 13.6. The van der Waals surface area contributed by atoms with E-state index >= 15 is 0 Å². The molecular weight excluding hydrogens is 290 g/mol. The van der Waals surface area contributed by atoms with E-state index in [1.807, 2.05) is 16.9 Å². The molecule has 5 heteroatoms. The molecule has 5 nitrogen and oxygen atoms in total. The Balaban J connectivity index is 1.51. The van der Waals surface area contributed by atoms with Crippen molar-refractivity contribution in [1.82, 2.24) is 15.1 Å². The zero-order chi connectivity index (χ0) is 16.1. The number of methoxy groups -OCH3 is 1. The normalized spacial score (nSPS) is 24.2. The molecule has 1 aromatic carbocycles. The summed E-state index contributed by atoms with van der Waals surface area (Å²) in [6.45, 7) is 2.28. The number of nitrogens with one attached hydrogen (secondary N) is 1. The number of aromatic nitrogens is 2. The standard InChI is InChI=1S/C18H25N3O2/c1-23-13-15-5-2-4-14(8-15)11-19-17-9-16(10-18(17)22)12-21-7-3-6-20-21/h2-8,16-19,22H,9-13H2,1H3/t16?,17-,18-/m1/s1. The Kier molecular flexibility index (Phi) is 5.43. The lowest BCUT2D eigenvalue weighted by atomic mass is 10.1. The molecule has 1 aliphatic rings. The quantitative estimate of drug-likeness (QED) is 0.820. The first kappa shape index (κ1) is 16.2. The van der Waals surface area contributed by atoms with Gasteiger partial charge in [0.2, 0.25) is 0 Å². The summed E-state index contributed by atoms with van der Waals surface area (Å²) >= 11 is 0. The largest absolute Gasteiger partial charge is 0.391 e. The molecule has 1 fully saturated rings. The van der Waals surface area contributed by atoms with Gasteiger partial charge in [0.05, 0.1) is 12.7 Å². The van der Waals surface area contributed by atoms with Gasteiger partial charge in [-0.05, 0) is 36.0 Å². The zero-order valence-electron chi connectivity index (χ0n) is 13.6. The number of hydrogen-bond acceptors (Lipinski definition) is 4. The van der Waals surface area contributed by atoms with Crippen LogP contribution in [0.2, 0.25) is 0 Å². The second kappa shape index (κ2) is 7.73. The van der Waals surface area contributed by atoms with Gasteiger partial charge >= 0.3 is 0 Å². The second-order valence-corrected chi connectivity index (χ2v) is 6.37. The third kappa shape index (κ3) is 4.41. The molecule has 0 amide bonds. The minimum atomic E-state index is -0.280. The van der Waals surface area contributed by atoms with E-state index in [0.717, 1.165) is 25.9 Å². The van der Waals surface area contributed by atoms with Crippen LogP contribution in [0.1, 0.15) is 24.0 Å². The van der Waals surface area contributed by atoms with Crippen molar-refractivity contribution in [3.63, 3.8) is 0 Å². The smallest absolute Gasteiger partial charge is 0.0713 e. The second-order valence-electron chi connectivity index (χ2n) is 6.37. The Morgan fingerprint density at radius 3 is 2.96 bits per heavy atom. The summed E-state index contributed by atoms with van der Waals surface area (Å²) in [5.41, 5.74) is 2.40. The molecule has 0 spiro atoms. The fourth-order valence-corrected chi connectivity index (χ4v) is 3.40. The van der Waals surface area contributed by atoms with Crippen molar-refractivity contribution in [1.29, 1.82) is 0 Å². The van der Waals surface area contributed by atoms with Crippen molar-refractivity contribution < 1.29 is 9.84 Å². The maximum Gasteiger partial charge on any atom is 0.0713 e. The van der Waals surface area contributed by atoms with Gasteiger partial charge in [0.15, 0.2) is 0 Å². The van der Waals surface area contributed by atoms with E-state index in [1.165, 1.54) is 11.1 Å². The first-order valence-corrected chi connectivity index (χ1v) is 8.20. The number of aliphatic hydroxyl groups excluding tert-OH is 1. The molecule has 124 valence electrons. The molecule has 1 unspecified atom stereocenters. The van der Waals surface area contributed by atoms with E-state index in [2.05, 4.69) is 34.7 Å². The Hall–Kier alpha value is -1.69. The number of benzene rings is 1. The minimum Gasteiger partial charge on any atom is -0.391 e. The Morgan fingerprint density at radius 1 is 1.30 bits per heavy atom. The van der Waals surface area contributed by atoms with Crippen LogP contribution < -0.4 is 5.32 Å². The van der Waals surface area contributed by atoms with Crippen LogP contribution in [0.4, 0.5) is 0 Å². The highest BCUT2D eigenvalue weighted by atomic mass is 16.5. The SMILES string of the molecule is COCc1cccc(CN[C@@H]2CC(Cn3cccn3)C[C@H]2O)c1. The van der Waals surface area contributed by atoms with E-state index in [0.29, 0.717) is 12.5 Å². The lowest BCUT2D eigenvalue weighted by Gasteiger charge is -2.17. The lowest BCUT2D eigenvalue weighted by molar-refractivity contribution is 0.145. The Bertz CT molecular complexity index is 600. The third-order valence-corrected chi connectivity index (χ3v) is 4.50. The van der Waals surface area contributed by atoms with E-state index < -0.39 is 0 Å². The fourth-order valence-electron chi connectivity index (χ4n) is 3.40. The summed E-state index contributed by atoms with van der Waals surface area (Å²) in [7, 11) is 1.71. The van der Waals surface area contributed by atoms with Gasteiger partial charge < -0.3 is 15.2 Å². The van der Waals surface area contributed by atoms with E-state index in [1.54, 1.807) is 13.3 Å². The van der Waals surface area contributed by atoms with Gasteiger partial charge in [0, 0.05) is 38.6 Å². The highest BCUT2D eigenvalue weighted by molar-refractivity contribution is 5.23. The molecule has 0 aliphatic heterocycles. The summed E-state index contributed by atoms with van der Waals surface area (Å²) in [5.74, 6) is 0.474. The highest BCUT2D eigenvalue weighted by Crippen LogP contribution is 2.27. The topological polar surface area (TPSA) is 59.3 Å². The van der Waals surface area contributed by atoms with Crippen molar-refractivity contribution in [3.8, 4) is 0 Å². The molecule has 0 saturated heterocycles. The summed E-state index contributed by atoms with van der Waals surface area (Å²) < 4.78 is 7.13. The molecule has 3 rings (SSSR count). The highest BCUT2D eigenvalue weighted by Gasteiger charge is 2.32. The van der Waals surface area contributed by atoms with Gasteiger partial charge in [-0.15, -0.1) is 0 Å². The summed E-state index contributed by atoms with van der Waals surface area (Å²) in [6.07, 6.45) is 5.32. The van der Waals surface area contributed by atoms with Crippen molar-refractivity contribution in [2.24, 2.45) is 5.92 Å². The van der Waals surface area contributed by atoms with Crippen LogP contribution in [0.15, 0.2) is 42.7 Å². The number of rotatable bonds is 7. The van der Waals surface area contributed by atoms with Gasteiger partial charge in [0.25, 0.3) is 0 Å². The maximum absolute atomic E-state index is 10.3. The molecule has 23 heavy (non-hydrogen) atoms. The number of ether oxygens (including phenoxy) is 1. The van der Waals surface area contributed by atoms with Gasteiger partial charge in [-0.25, -0.2) is 0 Å². The van der Waals surface area contributed by atoms with Crippen molar-refractivity contribution in [2.45, 2.75) is 44.7 Å². The molecule has 0 bridgehead atoms. The van der Waals surface area contributed by atoms with Crippen molar-refractivity contribution >= 4 is 0 Å². The lowest BCUT2D eigenvalue weighted by Crippen LogP contribution is -2.35. The van der Waals surface area contributed by atoms with Crippen LogP contribution in [-0.2, 0) is 24.4 Å². The maximum atomic E-state index is 10.3. The minimum absolute atomic E-state index is 0.154. The average Bonchev–Trinajstić information content (AvgIpc) is 3.16. The summed E-state index contributed by atoms with van der Waals surface area (Å²) in [5, 5.41) is 18.1.